The highest BCUT2D eigenvalue weighted by molar-refractivity contribution is 5.97. The molecule has 0 bridgehead atoms. The van der Waals surface area contributed by atoms with Gasteiger partial charge in [0, 0.05) is 17.4 Å². The van der Waals surface area contributed by atoms with Crippen molar-refractivity contribution in [3.05, 3.63) is 89.8 Å². The normalized spacial score (nSPS) is 10.8. The largest absolute Gasteiger partial charge is 0.452 e. The average molecular weight is 421 g/mol. The van der Waals surface area contributed by atoms with Crippen molar-refractivity contribution >= 4 is 28.6 Å². The van der Waals surface area contributed by atoms with Crippen molar-refractivity contribution in [1.29, 1.82) is 0 Å². The molecular formula is C23H17F2N3O3. The van der Waals surface area contributed by atoms with E-state index < -0.39 is 30.1 Å². The fraction of sp³-hybridized carbons (Fsp3) is 0.0870. The molecule has 8 heteroatoms. The van der Waals surface area contributed by atoms with E-state index in [4.69, 9.17) is 4.74 Å². The van der Waals surface area contributed by atoms with Gasteiger partial charge in [-0.25, -0.2) is 18.6 Å². The summed E-state index contributed by atoms with van der Waals surface area (Å²) in [7, 11) is 0. The van der Waals surface area contributed by atoms with Gasteiger partial charge in [-0.2, -0.15) is 0 Å². The number of esters is 1. The fourth-order valence-corrected chi connectivity index (χ4v) is 3.22. The molecule has 6 nitrogen and oxygen atoms in total. The van der Waals surface area contributed by atoms with Gasteiger partial charge in [0.2, 0.25) is 0 Å². The summed E-state index contributed by atoms with van der Waals surface area (Å²) < 4.78 is 33.2. The molecule has 1 heterocycles. The minimum Gasteiger partial charge on any atom is -0.452 e. The molecule has 0 saturated carbocycles. The molecule has 0 aliphatic rings. The topological polar surface area (TPSA) is 73.2 Å². The van der Waals surface area contributed by atoms with Gasteiger partial charge in [-0.1, -0.05) is 18.2 Å². The zero-order valence-electron chi connectivity index (χ0n) is 16.4. The summed E-state index contributed by atoms with van der Waals surface area (Å²) in [6.07, 6.45) is 0. The number of amides is 1. The number of hydrogen-bond donors (Lipinski definition) is 1. The number of benzene rings is 3. The molecule has 1 aromatic heterocycles. The molecule has 0 aliphatic carbocycles. The standard InChI is InChI=1S/C23H17F2N3O3/c1-14-26-20-11-15(7-10-21(20)28(14)17-5-3-2-4-6-17)23(30)31-13-22(29)27-16-8-9-18(24)19(25)12-16/h2-12H,13H2,1H3,(H,27,29). The molecule has 0 radical (unpaired) electrons. The summed E-state index contributed by atoms with van der Waals surface area (Å²) in [4.78, 5) is 28.8. The van der Waals surface area contributed by atoms with Gasteiger partial charge in [0.25, 0.3) is 5.91 Å². The Hall–Kier alpha value is -4.07. The smallest absolute Gasteiger partial charge is 0.338 e. The molecule has 1 amide bonds. The van der Waals surface area contributed by atoms with E-state index in [0.29, 0.717) is 5.52 Å². The number of ether oxygens (including phenoxy) is 1. The number of carbonyl (C=O) groups excluding carboxylic acids is 2. The number of imidazole rings is 1. The highest BCUT2D eigenvalue weighted by Crippen LogP contribution is 2.22. The first-order valence-corrected chi connectivity index (χ1v) is 9.39. The molecule has 0 aliphatic heterocycles. The lowest BCUT2D eigenvalue weighted by molar-refractivity contribution is -0.119. The molecular weight excluding hydrogens is 404 g/mol. The minimum atomic E-state index is -1.09. The van der Waals surface area contributed by atoms with Gasteiger partial charge in [0.15, 0.2) is 18.2 Å². The van der Waals surface area contributed by atoms with E-state index in [-0.39, 0.29) is 11.3 Å². The monoisotopic (exact) mass is 421 g/mol. The lowest BCUT2D eigenvalue weighted by Crippen LogP contribution is -2.21. The van der Waals surface area contributed by atoms with Crippen LogP contribution >= 0.6 is 0 Å². The number of para-hydroxylation sites is 1. The van der Waals surface area contributed by atoms with Gasteiger partial charge in [0.1, 0.15) is 5.82 Å². The predicted molar refractivity (Wildman–Crippen MR) is 111 cm³/mol. The van der Waals surface area contributed by atoms with Crippen LogP contribution in [0.3, 0.4) is 0 Å². The molecule has 31 heavy (non-hydrogen) atoms. The lowest BCUT2D eigenvalue weighted by Gasteiger charge is -2.08. The van der Waals surface area contributed by atoms with E-state index in [0.717, 1.165) is 29.2 Å². The third-order valence-corrected chi connectivity index (χ3v) is 4.61. The summed E-state index contributed by atoms with van der Waals surface area (Å²) in [5.74, 6) is -2.73. The van der Waals surface area contributed by atoms with Gasteiger partial charge in [-0.15, -0.1) is 0 Å². The van der Waals surface area contributed by atoms with Gasteiger partial charge in [-0.3, -0.25) is 9.36 Å². The van der Waals surface area contributed by atoms with Crippen molar-refractivity contribution in [1.82, 2.24) is 9.55 Å². The third kappa shape index (κ3) is 4.28. The maximum atomic E-state index is 13.2. The Labute approximate surface area is 176 Å². The quantitative estimate of drug-likeness (QED) is 0.485. The first-order valence-electron chi connectivity index (χ1n) is 9.39. The summed E-state index contributed by atoms with van der Waals surface area (Å²) in [6.45, 7) is 1.29. The Morgan fingerprint density at radius 1 is 1.00 bits per heavy atom. The summed E-state index contributed by atoms with van der Waals surface area (Å²) in [5.41, 5.74) is 2.69. The van der Waals surface area contributed by atoms with Crippen LogP contribution in [0.25, 0.3) is 16.7 Å². The molecule has 1 N–H and O–H groups in total. The van der Waals surface area contributed by atoms with E-state index in [1.807, 2.05) is 41.8 Å². The first-order chi connectivity index (χ1) is 14.9. The molecule has 0 fully saturated rings. The second-order valence-electron chi connectivity index (χ2n) is 6.79. The number of nitrogens with zero attached hydrogens (tertiary/aromatic N) is 2. The predicted octanol–water partition coefficient (Wildman–Crippen LogP) is 4.41. The van der Waals surface area contributed by atoms with Crippen molar-refractivity contribution in [2.24, 2.45) is 0 Å². The van der Waals surface area contributed by atoms with E-state index >= 15 is 0 Å². The zero-order valence-corrected chi connectivity index (χ0v) is 16.4. The van der Waals surface area contributed by atoms with Crippen LogP contribution < -0.4 is 5.32 Å². The number of fused-ring (bicyclic) bond motifs is 1. The van der Waals surface area contributed by atoms with Crippen molar-refractivity contribution < 1.29 is 23.1 Å². The van der Waals surface area contributed by atoms with Crippen LogP contribution in [0.1, 0.15) is 16.2 Å². The highest BCUT2D eigenvalue weighted by Gasteiger charge is 2.15. The van der Waals surface area contributed by atoms with E-state index in [1.54, 1.807) is 18.2 Å². The summed E-state index contributed by atoms with van der Waals surface area (Å²) >= 11 is 0. The zero-order chi connectivity index (χ0) is 22.0. The maximum Gasteiger partial charge on any atom is 0.338 e. The number of nitrogens with one attached hydrogen (secondary N) is 1. The van der Waals surface area contributed by atoms with Crippen molar-refractivity contribution in [3.63, 3.8) is 0 Å². The second kappa shape index (κ2) is 8.35. The number of carbonyl (C=O) groups is 2. The van der Waals surface area contributed by atoms with Crippen LogP contribution in [0.15, 0.2) is 66.7 Å². The Bertz CT molecular complexity index is 1290. The van der Waals surface area contributed by atoms with Crippen LogP contribution in [0.5, 0.6) is 0 Å². The number of rotatable bonds is 5. The number of hydrogen-bond acceptors (Lipinski definition) is 4. The van der Waals surface area contributed by atoms with Gasteiger partial charge in [0.05, 0.1) is 16.6 Å². The Morgan fingerprint density at radius 2 is 1.77 bits per heavy atom. The molecule has 0 atom stereocenters. The third-order valence-electron chi connectivity index (χ3n) is 4.61. The minimum absolute atomic E-state index is 0.0586. The molecule has 4 rings (SSSR count). The van der Waals surface area contributed by atoms with Gasteiger partial charge >= 0.3 is 5.97 Å². The Kier molecular flexibility index (Phi) is 5.44. The number of aryl methyl sites for hydroxylation is 1. The molecule has 0 saturated heterocycles. The Morgan fingerprint density at radius 3 is 2.52 bits per heavy atom. The summed E-state index contributed by atoms with van der Waals surface area (Å²) in [6, 6.07) is 17.6. The SMILES string of the molecule is Cc1nc2cc(C(=O)OCC(=O)Nc3ccc(F)c(F)c3)ccc2n1-c1ccccc1. The van der Waals surface area contributed by atoms with Gasteiger partial charge in [-0.05, 0) is 49.4 Å². The highest BCUT2D eigenvalue weighted by atomic mass is 19.2. The van der Waals surface area contributed by atoms with Crippen molar-refractivity contribution in [2.45, 2.75) is 6.92 Å². The molecule has 0 spiro atoms. The lowest BCUT2D eigenvalue weighted by atomic mass is 10.2. The van der Waals surface area contributed by atoms with Crippen LogP contribution in [0.2, 0.25) is 0 Å². The number of halogens is 2. The number of aromatic nitrogens is 2. The van der Waals surface area contributed by atoms with Gasteiger partial charge < -0.3 is 10.1 Å². The molecule has 156 valence electrons. The summed E-state index contributed by atoms with van der Waals surface area (Å²) in [5, 5.41) is 2.34. The van der Waals surface area contributed by atoms with E-state index in [2.05, 4.69) is 10.3 Å². The molecule has 0 unspecified atom stereocenters. The maximum absolute atomic E-state index is 13.2. The van der Waals surface area contributed by atoms with Crippen molar-refractivity contribution in [3.8, 4) is 5.69 Å². The van der Waals surface area contributed by atoms with Crippen LogP contribution in [0.4, 0.5) is 14.5 Å². The van der Waals surface area contributed by atoms with Crippen LogP contribution in [-0.2, 0) is 9.53 Å². The average Bonchev–Trinajstić information content (AvgIpc) is 3.10. The first kappa shape index (κ1) is 20.2. The van der Waals surface area contributed by atoms with E-state index in [9.17, 15) is 18.4 Å². The van der Waals surface area contributed by atoms with Crippen molar-refractivity contribution in [2.75, 3.05) is 11.9 Å². The second-order valence-corrected chi connectivity index (χ2v) is 6.79. The van der Waals surface area contributed by atoms with Crippen LogP contribution in [0, 0.1) is 18.6 Å². The number of anilines is 1. The van der Waals surface area contributed by atoms with E-state index in [1.165, 1.54) is 6.07 Å². The molecule has 4 aromatic rings. The Balaban J connectivity index is 1.45. The fourth-order valence-electron chi connectivity index (χ4n) is 3.22. The van der Waals surface area contributed by atoms with Crippen LogP contribution in [-0.4, -0.2) is 28.0 Å². The molecule has 3 aromatic carbocycles.